The number of ether oxygens (including phenoxy) is 1. The van der Waals surface area contributed by atoms with Crippen molar-refractivity contribution in [2.24, 2.45) is 28.5 Å². The third kappa shape index (κ3) is 7.45. The van der Waals surface area contributed by atoms with Crippen LogP contribution in [-0.4, -0.2) is 66.1 Å². The topological polar surface area (TPSA) is 105 Å². The third-order valence-corrected chi connectivity index (χ3v) is 8.04. The number of allylic oxidation sites excluding steroid dienone is 2. The number of urea groups is 1. The van der Waals surface area contributed by atoms with Crippen molar-refractivity contribution in [1.29, 1.82) is 0 Å². The van der Waals surface area contributed by atoms with Crippen LogP contribution in [-0.2, 0) is 9.59 Å². The van der Waals surface area contributed by atoms with E-state index in [4.69, 9.17) is 10.5 Å². The van der Waals surface area contributed by atoms with Crippen molar-refractivity contribution in [2.45, 2.75) is 65.2 Å². The van der Waals surface area contributed by atoms with E-state index in [1.54, 1.807) is 4.90 Å². The number of carbonyl (C=O) groups excluding carboxylic acids is 3. The highest BCUT2D eigenvalue weighted by Crippen LogP contribution is 2.31. The lowest BCUT2D eigenvalue weighted by atomic mass is 9.97. The molecule has 1 unspecified atom stereocenters. The zero-order valence-electron chi connectivity index (χ0n) is 22.9. The summed E-state index contributed by atoms with van der Waals surface area (Å²) >= 11 is 0. The van der Waals surface area contributed by atoms with E-state index in [1.807, 2.05) is 30.9 Å². The Labute approximate surface area is 226 Å². The smallest absolute Gasteiger partial charge is 0.345 e. The summed E-state index contributed by atoms with van der Waals surface area (Å²) in [6, 6.07) is 8.03. The van der Waals surface area contributed by atoms with Crippen LogP contribution in [0.25, 0.3) is 5.57 Å². The van der Waals surface area contributed by atoms with Gasteiger partial charge in [-0.2, -0.15) is 4.99 Å². The molecule has 2 heterocycles. The Morgan fingerprint density at radius 3 is 2.34 bits per heavy atom. The summed E-state index contributed by atoms with van der Waals surface area (Å²) in [5.41, 5.74) is 8.31. The number of ketones is 1. The van der Waals surface area contributed by atoms with Crippen LogP contribution >= 0.6 is 0 Å². The van der Waals surface area contributed by atoms with Crippen LogP contribution in [0.2, 0.25) is 0 Å². The van der Waals surface area contributed by atoms with Gasteiger partial charge in [-0.05, 0) is 67.7 Å². The van der Waals surface area contributed by atoms with Gasteiger partial charge in [0, 0.05) is 50.9 Å². The molecule has 0 spiro atoms. The molecule has 38 heavy (non-hydrogen) atoms. The molecule has 2 aliphatic heterocycles. The molecule has 3 aliphatic rings. The van der Waals surface area contributed by atoms with Gasteiger partial charge in [-0.3, -0.25) is 9.59 Å². The first-order valence-corrected chi connectivity index (χ1v) is 14.2. The van der Waals surface area contributed by atoms with Crippen LogP contribution in [0.3, 0.4) is 0 Å². The number of benzene rings is 1. The second-order valence-corrected chi connectivity index (χ2v) is 11.2. The Balaban J connectivity index is 1.23. The van der Waals surface area contributed by atoms with Crippen molar-refractivity contribution in [3.8, 4) is 5.75 Å². The van der Waals surface area contributed by atoms with Crippen molar-refractivity contribution in [3.63, 3.8) is 0 Å². The summed E-state index contributed by atoms with van der Waals surface area (Å²) in [6.07, 6.45) is 8.61. The largest absolute Gasteiger partial charge is 0.493 e. The molecular weight excluding hydrogens is 480 g/mol. The molecule has 8 nitrogen and oxygen atoms in total. The van der Waals surface area contributed by atoms with Gasteiger partial charge in [-0.15, -0.1) is 0 Å². The molecule has 0 radical (unpaired) electrons. The quantitative estimate of drug-likeness (QED) is 0.432. The van der Waals surface area contributed by atoms with Crippen LogP contribution in [0.4, 0.5) is 4.79 Å². The monoisotopic (exact) mass is 522 g/mol. The van der Waals surface area contributed by atoms with E-state index in [0.717, 1.165) is 44.3 Å². The second kappa shape index (κ2) is 13.1. The number of carbonyl (C=O) groups is 3. The van der Waals surface area contributed by atoms with Gasteiger partial charge in [0.05, 0.1) is 6.61 Å². The highest BCUT2D eigenvalue weighted by molar-refractivity contribution is 5.93. The predicted molar refractivity (Wildman–Crippen MR) is 149 cm³/mol. The van der Waals surface area contributed by atoms with Crippen molar-refractivity contribution in [1.82, 2.24) is 9.80 Å². The molecule has 1 atom stereocenters. The Morgan fingerprint density at radius 2 is 1.68 bits per heavy atom. The van der Waals surface area contributed by atoms with E-state index in [-0.39, 0.29) is 29.6 Å². The molecule has 0 aromatic heterocycles. The second-order valence-electron chi connectivity index (χ2n) is 11.2. The summed E-state index contributed by atoms with van der Waals surface area (Å²) in [5, 5.41) is 0. The number of hydrogen-bond acceptors (Lipinski definition) is 4. The lowest BCUT2D eigenvalue weighted by Gasteiger charge is -2.30. The summed E-state index contributed by atoms with van der Waals surface area (Å²) in [5.74, 6) is 2.19. The average molecular weight is 523 g/mol. The Morgan fingerprint density at radius 1 is 1.00 bits per heavy atom. The van der Waals surface area contributed by atoms with Gasteiger partial charge in [0.1, 0.15) is 17.4 Å². The van der Waals surface area contributed by atoms with Gasteiger partial charge in [0.25, 0.3) is 0 Å². The SMILES string of the molecule is CC(C)/C(N)=N/C(=O)N1CCC(COc2ccc(C3=CCC(C(=O)N4CCC(=O)CC4)CCC3)cc2)CC1. The molecule has 8 heteroatoms. The maximum absolute atomic E-state index is 13.0. The number of hydrogen-bond donors (Lipinski definition) is 1. The number of nitrogens with two attached hydrogens (primary N) is 1. The number of rotatable bonds is 6. The van der Waals surface area contributed by atoms with E-state index in [9.17, 15) is 14.4 Å². The molecule has 2 saturated heterocycles. The minimum Gasteiger partial charge on any atom is -0.493 e. The van der Waals surface area contributed by atoms with Crippen molar-refractivity contribution >= 4 is 29.1 Å². The summed E-state index contributed by atoms with van der Waals surface area (Å²) in [4.78, 5) is 44.5. The molecular formula is C30H42N4O4. The van der Waals surface area contributed by atoms with Crippen molar-refractivity contribution in [2.75, 3.05) is 32.8 Å². The molecule has 1 aromatic rings. The number of nitrogens with zero attached hydrogens (tertiary/aromatic N) is 3. The lowest BCUT2D eigenvalue weighted by Crippen LogP contribution is -2.41. The molecule has 1 aromatic carbocycles. The first-order chi connectivity index (χ1) is 18.3. The van der Waals surface area contributed by atoms with E-state index in [2.05, 4.69) is 23.2 Å². The van der Waals surface area contributed by atoms with Crippen LogP contribution in [0.1, 0.15) is 70.8 Å². The zero-order valence-corrected chi connectivity index (χ0v) is 22.9. The van der Waals surface area contributed by atoms with Gasteiger partial charge in [-0.25, -0.2) is 4.79 Å². The molecule has 4 rings (SSSR count). The van der Waals surface area contributed by atoms with Crippen LogP contribution in [0, 0.1) is 17.8 Å². The molecule has 1 aliphatic carbocycles. The number of Topliss-reactive ketones (excluding diaryl/α,β-unsaturated/α-hetero) is 1. The number of amidine groups is 1. The molecule has 3 amide bonds. The average Bonchev–Trinajstić information content (AvgIpc) is 3.19. The molecule has 2 N–H and O–H groups in total. The zero-order chi connectivity index (χ0) is 27.1. The summed E-state index contributed by atoms with van der Waals surface area (Å²) in [6.45, 7) is 6.98. The Kier molecular flexibility index (Phi) is 9.58. The maximum atomic E-state index is 13.0. The van der Waals surface area contributed by atoms with Gasteiger partial charge in [0.2, 0.25) is 5.91 Å². The van der Waals surface area contributed by atoms with E-state index in [0.29, 0.717) is 57.4 Å². The summed E-state index contributed by atoms with van der Waals surface area (Å²) in [7, 11) is 0. The van der Waals surface area contributed by atoms with Gasteiger partial charge >= 0.3 is 6.03 Å². The number of amides is 3. The van der Waals surface area contributed by atoms with E-state index < -0.39 is 0 Å². The van der Waals surface area contributed by atoms with Gasteiger partial charge < -0.3 is 20.3 Å². The van der Waals surface area contributed by atoms with Crippen LogP contribution < -0.4 is 10.5 Å². The minimum absolute atomic E-state index is 0.0179. The molecule has 0 bridgehead atoms. The first-order valence-electron chi connectivity index (χ1n) is 14.2. The number of likely N-dealkylation sites (tertiary alicyclic amines) is 2. The third-order valence-electron chi connectivity index (χ3n) is 8.04. The Bertz CT molecular complexity index is 1040. The molecule has 0 saturated carbocycles. The fourth-order valence-electron chi connectivity index (χ4n) is 5.35. The maximum Gasteiger partial charge on any atom is 0.345 e. The highest BCUT2D eigenvalue weighted by Gasteiger charge is 2.28. The molecule has 206 valence electrons. The van der Waals surface area contributed by atoms with E-state index >= 15 is 0 Å². The number of aliphatic imine (C=N–C) groups is 1. The fraction of sp³-hybridized carbons (Fsp3) is 0.600. The van der Waals surface area contributed by atoms with Crippen LogP contribution in [0.15, 0.2) is 35.3 Å². The van der Waals surface area contributed by atoms with Gasteiger partial charge in [-0.1, -0.05) is 32.1 Å². The van der Waals surface area contributed by atoms with Crippen LogP contribution in [0.5, 0.6) is 5.75 Å². The Hall–Kier alpha value is -3.16. The fourth-order valence-corrected chi connectivity index (χ4v) is 5.35. The molecule has 2 fully saturated rings. The normalized spacial score (nSPS) is 21.8. The minimum atomic E-state index is -0.238. The van der Waals surface area contributed by atoms with E-state index in [1.165, 1.54) is 11.1 Å². The van der Waals surface area contributed by atoms with Crippen molar-refractivity contribution < 1.29 is 19.1 Å². The predicted octanol–water partition coefficient (Wildman–Crippen LogP) is 4.68. The standard InChI is InChI=1S/C30H42N4O4/c1-21(2)28(31)32-30(37)34-16-12-22(13-17-34)20-38-27-10-8-24(9-11-27)23-4-3-5-25(7-6-23)29(36)33-18-14-26(35)15-19-33/h6,8-11,21-22,25H,3-5,7,12-20H2,1-2H3,(H2,31,32,37). The summed E-state index contributed by atoms with van der Waals surface area (Å²) < 4.78 is 6.08. The van der Waals surface area contributed by atoms with Crippen molar-refractivity contribution in [3.05, 3.63) is 35.9 Å². The lowest BCUT2D eigenvalue weighted by molar-refractivity contribution is -0.138. The first kappa shape index (κ1) is 27.9. The number of piperidine rings is 2. The van der Waals surface area contributed by atoms with Gasteiger partial charge in [0.15, 0.2) is 0 Å². The highest BCUT2D eigenvalue weighted by atomic mass is 16.5.